The van der Waals surface area contributed by atoms with E-state index in [9.17, 15) is 5.11 Å². The third-order valence-electron chi connectivity index (χ3n) is 12.9. The minimum atomic E-state index is -0.147. The number of aromatic hydroxyl groups is 1. The molecule has 0 fully saturated rings. The van der Waals surface area contributed by atoms with E-state index in [1.165, 1.54) is 38.6 Å². The molecule has 0 aliphatic heterocycles. The number of aromatic nitrogens is 3. The van der Waals surface area contributed by atoms with Gasteiger partial charge in [-0.15, -0.1) is 35.4 Å². The third-order valence-corrected chi connectivity index (χ3v) is 12.9. The zero-order valence-electron chi connectivity index (χ0n) is 38.2. The number of imidazole rings is 1. The summed E-state index contributed by atoms with van der Waals surface area (Å²) in [5, 5.41) is 15.2. The van der Waals surface area contributed by atoms with E-state index >= 15 is 0 Å². The van der Waals surface area contributed by atoms with Gasteiger partial charge in [-0.05, 0) is 116 Å². The van der Waals surface area contributed by atoms with Crippen LogP contribution in [0.15, 0.2) is 164 Å². The number of nitrogens with zero attached hydrogens (tertiary/aromatic N) is 3. The number of hydrogen-bond donors (Lipinski definition) is 1. The standard InChI is InChI=1S/C60H52N3O.Pt/c1-37-15-11-16-38(2)55(37)49-31-32-61-56-48(23-14-24-50(49)56)40-19-12-20-41(33-40)51-34-42(47-22-13-18-39-17-9-10-21-46(39)47)35-53-57(51)62-58(52-36-44(60(6,7)8)27-30-54(52)64)63(53)45-28-25-43(26-29-45)59(3,4)5;/h9-32,34-36,64H,1-8H3;/q-1;. The summed E-state index contributed by atoms with van der Waals surface area (Å²) in [4.78, 5) is 10.6. The van der Waals surface area contributed by atoms with Gasteiger partial charge in [0.15, 0.2) is 0 Å². The van der Waals surface area contributed by atoms with E-state index in [4.69, 9.17) is 9.97 Å². The largest absolute Gasteiger partial charge is 0.507 e. The van der Waals surface area contributed by atoms with E-state index in [-0.39, 0.29) is 37.6 Å². The monoisotopic (exact) mass is 1030 g/mol. The molecule has 2 aromatic heterocycles. The van der Waals surface area contributed by atoms with Crippen LogP contribution in [0.3, 0.4) is 0 Å². The van der Waals surface area contributed by atoms with Crippen molar-refractivity contribution in [2.75, 3.05) is 0 Å². The van der Waals surface area contributed by atoms with Gasteiger partial charge in [0, 0.05) is 43.9 Å². The smallest absolute Gasteiger partial charge is 0.148 e. The number of benzene rings is 8. The average molecular weight is 1030 g/mol. The van der Waals surface area contributed by atoms with E-state index in [2.05, 4.69) is 212 Å². The third kappa shape index (κ3) is 7.89. The maximum Gasteiger partial charge on any atom is 0.148 e. The second kappa shape index (κ2) is 16.7. The first-order valence-corrected chi connectivity index (χ1v) is 22.2. The Hall–Kier alpha value is -6.61. The molecule has 0 bridgehead atoms. The van der Waals surface area contributed by atoms with Crippen molar-refractivity contribution in [2.45, 2.75) is 66.2 Å². The molecule has 0 unspecified atom stereocenters. The van der Waals surface area contributed by atoms with Gasteiger partial charge in [-0.25, -0.2) is 4.98 Å². The average Bonchev–Trinajstić information content (AvgIpc) is 3.67. The number of fused-ring (bicyclic) bond motifs is 3. The van der Waals surface area contributed by atoms with Crippen LogP contribution in [0.1, 0.15) is 63.8 Å². The fourth-order valence-electron chi connectivity index (χ4n) is 9.38. The first-order chi connectivity index (χ1) is 30.7. The topological polar surface area (TPSA) is 50.9 Å². The molecule has 1 N–H and O–H groups in total. The SMILES string of the molecule is Cc1cccc(C)c1-c1ccnc2c(-c3[c-]c(-c4cc(-c5cccc6ccccc56)cc5c4nc(-c4cc(C(C)(C)C)ccc4O)n5-c4ccc(C(C)(C)C)cc4)ccc3)cccc12.[Pt]. The summed E-state index contributed by atoms with van der Waals surface area (Å²) < 4.78 is 2.23. The molecule has 2 heterocycles. The summed E-state index contributed by atoms with van der Waals surface area (Å²) in [5.41, 5.74) is 17.5. The minimum Gasteiger partial charge on any atom is -0.507 e. The molecule has 0 amide bonds. The summed E-state index contributed by atoms with van der Waals surface area (Å²) in [5.74, 6) is 0.857. The second-order valence-corrected chi connectivity index (χ2v) is 19.3. The van der Waals surface area contributed by atoms with Crippen molar-refractivity contribution in [2.24, 2.45) is 0 Å². The molecule has 4 nitrogen and oxygen atoms in total. The van der Waals surface area contributed by atoms with Crippen molar-refractivity contribution in [1.82, 2.24) is 14.5 Å². The van der Waals surface area contributed by atoms with Crippen LogP contribution in [0.5, 0.6) is 5.75 Å². The maximum atomic E-state index is 11.7. The Morgan fingerprint density at radius 3 is 1.88 bits per heavy atom. The van der Waals surface area contributed by atoms with Crippen molar-refractivity contribution in [1.29, 1.82) is 0 Å². The number of hydrogen-bond acceptors (Lipinski definition) is 3. The number of pyridine rings is 1. The van der Waals surface area contributed by atoms with Crippen LogP contribution in [0.2, 0.25) is 0 Å². The van der Waals surface area contributed by atoms with Gasteiger partial charge in [-0.2, -0.15) is 0 Å². The molecular weight excluding hydrogens is 974 g/mol. The molecule has 0 radical (unpaired) electrons. The molecule has 65 heavy (non-hydrogen) atoms. The first-order valence-electron chi connectivity index (χ1n) is 22.2. The molecule has 5 heteroatoms. The Labute approximate surface area is 397 Å². The molecule has 10 aromatic rings. The molecular formula is C60H52N3OPt-. The zero-order valence-corrected chi connectivity index (χ0v) is 40.5. The molecule has 0 saturated heterocycles. The predicted molar refractivity (Wildman–Crippen MR) is 268 cm³/mol. The second-order valence-electron chi connectivity index (χ2n) is 19.3. The van der Waals surface area contributed by atoms with Crippen LogP contribution in [0, 0.1) is 19.9 Å². The van der Waals surface area contributed by atoms with Gasteiger partial charge in [0.1, 0.15) is 11.6 Å². The first kappa shape index (κ1) is 43.6. The summed E-state index contributed by atoms with van der Waals surface area (Å²) in [6, 6.07) is 59.7. The summed E-state index contributed by atoms with van der Waals surface area (Å²) >= 11 is 0. The maximum absolute atomic E-state index is 11.7. The Morgan fingerprint density at radius 1 is 0.523 bits per heavy atom. The van der Waals surface area contributed by atoms with Crippen LogP contribution >= 0.6 is 0 Å². The number of phenols is 1. The number of para-hydroxylation sites is 1. The van der Waals surface area contributed by atoms with E-state index < -0.39 is 0 Å². The van der Waals surface area contributed by atoms with Crippen LogP contribution in [-0.4, -0.2) is 19.6 Å². The Kier molecular flexibility index (Phi) is 11.2. The Balaban J connectivity index is 0.00000533. The summed E-state index contributed by atoms with van der Waals surface area (Å²) in [6.07, 6.45) is 1.93. The molecule has 0 saturated carbocycles. The van der Waals surface area contributed by atoms with Crippen LogP contribution in [0.25, 0.3) is 94.3 Å². The van der Waals surface area contributed by atoms with E-state index in [1.54, 1.807) is 0 Å². The molecule has 0 spiro atoms. The van der Waals surface area contributed by atoms with Gasteiger partial charge in [0.05, 0.1) is 16.6 Å². The van der Waals surface area contributed by atoms with Gasteiger partial charge in [-0.1, -0.05) is 156 Å². The molecule has 0 atom stereocenters. The van der Waals surface area contributed by atoms with Crippen molar-refractivity contribution >= 4 is 32.7 Å². The molecule has 8 aromatic carbocycles. The number of phenolic OH excluding ortho intramolecular Hbond substituents is 1. The van der Waals surface area contributed by atoms with Crippen LogP contribution in [-0.2, 0) is 31.9 Å². The normalized spacial score (nSPS) is 11.9. The van der Waals surface area contributed by atoms with E-state index in [0.717, 1.165) is 66.6 Å². The quantitative estimate of drug-likeness (QED) is 0.169. The van der Waals surface area contributed by atoms with Gasteiger partial charge in [0.25, 0.3) is 0 Å². The molecule has 10 rings (SSSR count). The zero-order chi connectivity index (χ0) is 44.5. The molecule has 0 aliphatic rings. The predicted octanol–water partition coefficient (Wildman–Crippen LogP) is 15.8. The van der Waals surface area contributed by atoms with Gasteiger partial charge in [0.2, 0.25) is 0 Å². The van der Waals surface area contributed by atoms with Crippen molar-refractivity contribution < 1.29 is 26.2 Å². The van der Waals surface area contributed by atoms with Gasteiger partial charge in [-0.3, -0.25) is 9.55 Å². The number of rotatable bonds is 6. The fourth-order valence-corrected chi connectivity index (χ4v) is 9.38. The van der Waals surface area contributed by atoms with Gasteiger partial charge >= 0.3 is 0 Å². The summed E-state index contributed by atoms with van der Waals surface area (Å²) in [6.45, 7) is 17.7. The minimum absolute atomic E-state index is 0. The van der Waals surface area contributed by atoms with Crippen LogP contribution in [0.4, 0.5) is 0 Å². The number of aryl methyl sites for hydroxylation is 2. The van der Waals surface area contributed by atoms with Crippen LogP contribution < -0.4 is 0 Å². The molecule has 0 aliphatic carbocycles. The Morgan fingerprint density at radius 2 is 1.14 bits per heavy atom. The van der Waals surface area contributed by atoms with E-state index in [0.29, 0.717) is 11.4 Å². The van der Waals surface area contributed by atoms with Crippen molar-refractivity contribution in [3.63, 3.8) is 0 Å². The fraction of sp³-hybridized carbons (Fsp3) is 0.167. The Bertz CT molecular complexity index is 3410. The molecule has 324 valence electrons. The van der Waals surface area contributed by atoms with E-state index in [1.807, 2.05) is 18.3 Å². The van der Waals surface area contributed by atoms with Gasteiger partial charge < -0.3 is 5.11 Å². The van der Waals surface area contributed by atoms with Crippen molar-refractivity contribution in [3.05, 3.63) is 192 Å². The summed E-state index contributed by atoms with van der Waals surface area (Å²) in [7, 11) is 0. The van der Waals surface area contributed by atoms with Crippen molar-refractivity contribution in [3.8, 4) is 67.3 Å².